The average Bonchev–Trinajstić information content (AvgIpc) is 2.79. The first kappa shape index (κ1) is 16.2. The number of carbonyl (C=O) groups is 1. The monoisotopic (exact) mass is 371 g/mol. The van der Waals surface area contributed by atoms with Crippen molar-refractivity contribution in [3.63, 3.8) is 0 Å². The highest BCUT2D eigenvalue weighted by molar-refractivity contribution is 9.10. The van der Waals surface area contributed by atoms with Crippen molar-refractivity contribution in [3.05, 3.63) is 33.5 Å². The van der Waals surface area contributed by atoms with Gasteiger partial charge in [0.1, 0.15) is 5.82 Å². The van der Waals surface area contributed by atoms with E-state index in [0.29, 0.717) is 21.0 Å². The zero-order valence-corrected chi connectivity index (χ0v) is 14.3. The average molecular weight is 372 g/mol. The first-order valence-corrected chi connectivity index (χ1v) is 8.08. The van der Waals surface area contributed by atoms with E-state index in [4.69, 9.17) is 0 Å². The third-order valence-electron chi connectivity index (χ3n) is 2.85. The molecule has 0 saturated carbocycles. The maximum Gasteiger partial charge on any atom is 0.236 e. The Morgan fingerprint density at radius 2 is 2.14 bits per heavy atom. The number of thioether (sulfide) groups is 1. The zero-order chi connectivity index (χ0) is 15.6. The highest BCUT2D eigenvalue weighted by Crippen LogP contribution is 2.28. The highest BCUT2D eigenvalue weighted by atomic mass is 79.9. The summed E-state index contributed by atoms with van der Waals surface area (Å²) in [7, 11) is 0. The molecule has 2 rings (SSSR count). The van der Waals surface area contributed by atoms with Gasteiger partial charge in [-0.15, -0.1) is 5.10 Å². The summed E-state index contributed by atoms with van der Waals surface area (Å²) in [6.07, 6.45) is 1.35. The van der Waals surface area contributed by atoms with Gasteiger partial charge in [-0.25, -0.2) is 4.39 Å². The molecule has 0 spiro atoms. The molecule has 0 atom stereocenters. The van der Waals surface area contributed by atoms with Crippen LogP contribution in [-0.4, -0.2) is 23.0 Å². The van der Waals surface area contributed by atoms with Crippen LogP contribution in [0.4, 0.5) is 4.39 Å². The summed E-state index contributed by atoms with van der Waals surface area (Å²) in [6.45, 7) is 6.16. The molecule has 0 aromatic heterocycles. The number of hydrogen-bond donors (Lipinski definition) is 1. The van der Waals surface area contributed by atoms with Crippen molar-refractivity contribution in [2.45, 2.75) is 26.2 Å². The second kappa shape index (κ2) is 6.27. The molecule has 1 saturated heterocycles. The van der Waals surface area contributed by atoms with Crippen LogP contribution in [0.5, 0.6) is 0 Å². The van der Waals surface area contributed by atoms with Crippen molar-refractivity contribution >= 4 is 45.0 Å². The smallest absolute Gasteiger partial charge is 0.236 e. The van der Waals surface area contributed by atoms with Gasteiger partial charge in [-0.05, 0) is 39.0 Å². The summed E-state index contributed by atoms with van der Waals surface area (Å²) < 4.78 is 14.5. The predicted octanol–water partition coefficient (Wildman–Crippen LogP) is 3.44. The molecule has 1 fully saturated rings. The number of nitrogens with zero attached hydrogens (tertiary/aromatic N) is 2. The summed E-state index contributed by atoms with van der Waals surface area (Å²) in [4.78, 5) is 11.0. The molecule has 0 unspecified atom stereocenters. The predicted molar refractivity (Wildman–Crippen MR) is 88.4 cm³/mol. The Hall–Kier alpha value is -1.21. The molecule has 0 radical (unpaired) electrons. The summed E-state index contributed by atoms with van der Waals surface area (Å²) in [5, 5.41) is 10.7. The molecule has 1 aliphatic heterocycles. The normalized spacial score (nSPS) is 17.8. The van der Waals surface area contributed by atoms with Gasteiger partial charge in [0.2, 0.25) is 5.91 Å². The van der Waals surface area contributed by atoms with Crippen LogP contribution in [-0.2, 0) is 10.2 Å². The Balaban J connectivity index is 2.27. The van der Waals surface area contributed by atoms with E-state index in [2.05, 4.69) is 52.2 Å². The maximum atomic E-state index is 14.1. The minimum absolute atomic E-state index is 0.0972. The molecule has 1 amide bonds. The number of hydrogen-bond acceptors (Lipinski definition) is 4. The Morgan fingerprint density at radius 3 is 2.71 bits per heavy atom. The molecule has 0 bridgehead atoms. The minimum Gasteiger partial charge on any atom is -0.303 e. The largest absolute Gasteiger partial charge is 0.303 e. The Morgan fingerprint density at radius 1 is 1.43 bits per heavy atom. The molecule has 1 N–H and O–H groups in total. The van der Waals surface area contributed by atoms with Crippen LogP contribution in [0.3, 0.4) is 0 Å². The number of amides is 1. The number of amidine groups is 1. The summed E-state index contributed by atoms with van der Waals surface area (Å²) in [5.41, 5.74) is 1.25. The van der Waals surface area contributed by atoms with Crippen LogP contribution in [0.15, 0.2) is 26.8 Å². The molecule has 1 aromatic rings. The van der Waals surface area contributed by atoms with Gasteiger partial charge in [-0.2, -0.15) is 5.10 Å². The number of rotatable bonds is 2. The van der Waals surface area contributed by atoms with Gasteiger partial charge < -0.3 is 5.32 Å². The van der Waals surface area contributed by atoms with Crippen LogP contribution < -0.4 is 5.32 Å². The number of halogens is 2. The summed E-state index contributed by atoms with van der Waals surface area (Å²) in [5.74, 6) is -0.138. The first-order valence-electron chi connectivity index (χ1n) is 6.30. The number of nitrogens with one attached hydrogen (secondary N) is 1. The maximum absolute atomic E-state index is 14.1. The van der Waals surface area contributed by atoms with E-state index in [0.717, 1.165) is 5.56 Å². The lowest BCUT2D eigenvalue weighted by atomic mass is 9.86. The van der Waals surface area contributed by atoms with E-state index in [9.17, 15) is 9.18 Å². The van der Waals surface area contributed by atoms with E-state index in [1.807, 2.05) is 0 Å². The quantitative estimate of drug-likeness (QED) is 0.639. The number of carbonyl (C=O) groups excluding carboxylic acids is 1. The third kappa shape index (κ3) is 4.14. The summed E-state index contributed by atoms with van der Waals surface area (Å²) >= 11 is 4.49. The standard InChI is InChI=1S/C14H15BrFN3OS/c1-14(2,3)9-4-8(12(16)10(15)5-9)6-17-19-13-18-11(20)7-21-13/h4-6H,7H2,1-3H3,(H,18,19,20). The fourth-order valence-electron chi connectivity index (χ4n) is 1.66. The Bertz CT molecular complexity index is 638. The van der Waals surface area contributed by atoms with E-state index in [-0.39, 0.29) is 17.1 Å². The first-order chi connectivity index (χ1) is 9.77. The number of benzene rings is 1. The lowest BCUT2D eigenvalue weighted by molar-refractivity contribution is -0.116. The van der Waals surface area contributed by atoms with E-state index < -0.39 is 0 Å². The fraction of sp³-hybridized carbons (Fsp3) is 0.357. The second-order valence-electron chi connectivity index (χ2n) is 5.60. The molecule has 4 nitrogen and oxygen atoms in total. The van der Waals surface area contributed by atoms with Crippen molar-refractivity contribution in [2.24, 2.45) is 10.2 Å². The van der Waals surface area contributed by atoms with Gasteiger partial charge in [0.15, 0.2) is 5.17 Å². The van der Waals surface area contributed by atoms with Gasteiger partial charge in [0, 0.05) is 5.56 Å². The molecule has 7 heteroatoms. The van der Waals surface area contributed by atoms with Crippen molar-refractivity contribution in [2.75, 3.05) is 5.75 Å². The van der Waals surface area contributed by atoms with Crippen molar-refractivity contribution in [1.82, 2.24) is 5.32 Å². The lowest BCUT2D eigenvalue weighted by Gasteiger charge is -2.20. The van der Waals surface area contributed by atoms with Crippen molar-refractivity contribution in [3.8, 4) is 0 Å². The van der Waals surface area contributed by atoms with E-state index in [1.165, 1.54) is 18.0 Å². The van der Waals surface area contributed by atoms with Gasteiger partial charge in [-0.1, -0.05) is 32.5 Å². The van der Waals surface area contributed by atoms with Crippen LogP contribution in [0.25, 0.3) is 0 Å². The highest BCUT2D eigenvalue weighted by Gasteiger charge is 2.18. The van der Waals surface area contributed by atoms with E-state index >= 15 is 0 Å². The van der Waals surface area contributed by atoms with Crippen LogP contribution in [0.2, 0.25) is 0 Å². The van der Waals surface area contributed by atoms with Crippen molar-refractivity contribution in [1.29, 1.82) is 0 Å². The lowest BCUT2D eigenvalue weighted by Crippen LogP contribution is -2.19. The molecule has 0 aliphatic carbocycles. The third-order valence-corrected chi connectivity index (χ3v) is 4.29. The van der Waals surface area contributed by atoms with Crippen LogP contribution >= 0.6 is 27.7 Å². The molecular formula is C14H15BrFN3OS. The molecule has 21 heavy (non-hydrogen) atoms. The fourth-order valence-corrected chi connectivity index (χ4v) is 2.77. The van der Waals surface area contributed by atoms with Gasteiger partial charge >= 0.3 is 0 Å². The van der Waals surface area contributed by atoms with E-state index in [1.54, 1.807) is 12.1 Å². The molecular weight excluding hydrogens is 357 g/mol. The summed E-state index contributed by atoms with van der Waals surface area (Å²) in [6, 6.07) is 3.52. The van der Waals surface area contributed by atoms with Gasteiger partial charge in [0.05, 0.1) is 16.4 Å². The minimum atomic E-state index is -0.380. The van der Waals surface area contributed by atoms with Gasteiger partial charge in [0.25, 0.3) is 0 Å². The molecule has 1 heterocycles. The SMILES string of the molecule is CC(C)(C)c1cc(Br)c(F)c(C=NN=C2NC(=O)CS2)c1. The zero-order valence-electron chi connectivity index (χ0n) is 11.9. The van der Waals surface area contributed by atoms with Crippen LogP contribution in [0.1, 0.15) is 31.9 Å². The Kier molecular flexibility index (Phi) is 4.83. The topological polar surface area (TPSA) is 53.8 Å². The van der Waals surface area contributed by atoms with Crippen LogP contribution in [0, 0.1) is 5.82 Å². The molecule has 112 valence electrons. The Labute approximate surface area is 135 Å². The van der Waals surface area contributed by atoms with Gasteiger partial charge in [-0.3, -0.25) is 4.79 Å². The molecule has 1 aromatic carbocycles. The van der Waals surface area contributed by atoms with Crippen molar-refractivity contribution < 1.29 is 9.18 Å². The molecule has 1 aliphatic rings. The second-order valence-corrected chi connectivity index (χ2v) is 7.42.